The van der Waals surface area contributed by atoms with Gasteiger partial charge in [0.15, 0.2) is 0 Å². The van der Waals surface area contributed by atoms with Gasteiger partial charge in [0.25, 0.3) is 5.91 Å². The Labute approximate surface area is 114 Å². The number of nitrogens with zero attached hydrogens (tertiary/aromatic N) is 2. The number of carbonyl (C=O) groups is 1. The van der Waals surface area contributed by atoms with Crippen LogP contribution in [0.5, 0.6) is 5.75 Å². The highest BCUT2D eigenvalue weighted by molar-refractivity contribution is 7.08. The number of ether oxygens (including phenoxy) is 1. The van der Waals surface area contributed by atoms with Gasteiger partial charge in [-0.05, 0) is 36.2 Å². The summed E-state index contributed by atoms with van der Waals surface area (Å²) in [4.78, 5) is 12.7. The fraction of sp³-hybridized carbons (Fsp3) is 0.250. The molecule has 2 rings (SSSR count). The average molecular weight is 278 g/mol. The van der Waals surface area contributed by atoms with E-state index in [0.717, 1.165) is 11.5 Å². The van der Waals surface area contributed by atoms with Crippen molar-refractivity contribution in [3.8, 4) is 5.75 Å². The Bertz CT molecular complexity index is 597. The van der Waals surface area contributed by atoms with Gasteiger partial charge in [-0.3, -0.25) is 4.79 Å². The van der Waals surface area contributed by atoms with Gasteiger partial charge in [-0.1, -0.05) is 11.4 Å². The van der Waals surface area contributed by atoms with Crippen molar-refractivity contribution in [1.82, 2.24) is 9.59 Å². The Kier molecular flexibility index (Phi) is 3.96. The number of nitrogens with two attached hydrogens (primary N) is 1. The minimum atomic E-state index is -0.254. The lowest BCUT2D eigenvalue weighted by Gasteiger charge is -2.10. The quantitative estimate of drug-likeness (QED) is 0.834. The maximum absolute atomic E-state index is 12.2. The van der Waals surface area contributed by atoms with Crippen LogP contribution in [0.4, 0.5) is 11.4 Å². The average Bonchev–Trinajstić information content (AvgIpc) is 2.87. The summed E-state index contributed by atoms with van der Waals surface area (Å²) in [6.07, 6.45) is 0.660. The molecule has 1 aromatic carbocycles. The molecule has 0 aliphatic carbocycles. The zero-order chi connectivity index (χ0) is 13.8. The van der Waals surface area contributed by atoms with Crippen molar-refractivity contribution < 1.29 is 9.53 Å². The largest absolute Gasteiger partial charge is 0.495 e. The van der Waals surface area contributed by atoms with Crippen molar-refractivity contribution in [1.29, 1.82) is 0 Å². The van der Waals surface area contributed by atoms with E-state index in [1.54, 1.807) is 18.2 Å². The molecular formula is C12H14N4O2S. The van der Waals surface area contributed by atoms with E-state index in [2.05, 4.69) is 14.9 Å². The van der Waals surface area contributed by atoms with Crippen molar-refractivity contribution in [3.63, 3.8) is 0 Å². The molecule has 0 saturated carbocycles. The summed E-state index contributed by atoms with van der Waals surface area (Å²) >= 11 is 1.07. The molecule has 0 unspecified atom stereocenters. The minimum Gasteiger partial charge on any atom is -0.495 e. The van der Waals surface area contributed by atoms with Gasteiger partial charge in [-0.15, -0.1) is 5.10 Å². The van der Waals surface area contributed by atoms with Crippen LogP contribution in [0, 0.1) is 0 Å². The predicted molar refractivity (Wildman–Crippen MR) is 74.6 cm³/mol. The first-order chi connectivity index (χ1) is 9.15. The smallest absolute Gasteiger partial charge is 0.269 e. The Morgan fingerprint density at radius 1 is 1.53 bits per heavy atom. The Morgan fingerprint density at radius 3 is 3.00 bits per heavy atom. The van der Waals surface area contributed by atoms with Crippen molar-refractivity contribution in [2.45, 2.75) is 13.3 Å². The molecule has 0 radical (unpaired) electrons. The van der Waals surface area contributed by atoms with Gasteiger partial charge in [-0.25, -0.2) is 0 Å². The lowest BCUT2D eigenvalue weighted by molar-refractivity contribution is 0.102. The van der Waals surface area contributed by atoms with Gasteiger partial charge >= 0.3 is 0 Å². The number of nitrogens with one attached hydrogen (secondary N) is 1. The van der Waals surface area contributed by atoms with E-state index in [1.165, 1.54) is 7.11 Å². The number of benzene rings is 1. The summed E-state index contributed by atoms with van der Waals surface area (Å²) in [5.41, 5.74) is 7.47. The van der Waals surface area contributed by atoms with Crippen LogP contribution in [0.1, 0.15) is 22.3 Å². The second-order valence-electron chi connectivity index (χ2n) is 3.82. The second kappa shape index (κ2) is 5.66. The third kappa shape index (κ3) is 2.82. The van der Waals surface area contributed by atoms with Gasteiger partial charge in [0.05, 0.1) is 18.5 Å². The van der Waals surface area contributed by atoms with E-state index >= 15 is 0 Å². The monoisotopic (exact) mass is 278 g/mol. The molecular weight excluding hydrogens is 264 g/mol. The van der Waals surface area contributed by atoms with Crippen LogP contribution in [0.15, 0.2) is 18.2 Å². The van der Waals surface area contributed by atoms with Gasteiger partial charge in [0.2, 0.25) is 0 Å². The first kappa shape index (κ1) is 13.3. The molecule has 3 N–H and O–H groups in total. The first-order valence-electron chi connectivity index (χ1n) is 5.71. The third-order valence-electron chi connectivity index (χ3n) is 2.57. The number of hydrogen-bond donors (Lipinski definition) is 2. The third-order valence-corrected chi connectivity index (χ3v) is 3.34. The SMILES string of the molecule is CCc1nnsc1C(=O)Nc1cc(N)ccc1OC. The molecule has 2 aromatic rings. The Hall–Kier alpha value is -2.15. The molecule has 0 aliphatic rings. The number of anilines is 2. The number of amides is 1. The number of nitrogen functional groups attached to an aromatic ring is 1. The van der Waals surface area contributed by atoms with Crippen LogP contribution < -0.4 is 15.8 Å². The molecule has 100 valence electrons. The molecule has 7 heteroatoms. The van der Waals surface area contributed by atoms with Crippen molar-refractivity contribution >= 4 is 28.8 Å². The van der Waals surface area contributed by atoms with Gasteiger partial charge in [-0.2, -0.15) is 0 Å². The summed E-state index contributed by atoms with van der Waals surface area (Å²) in [6, 6.07) is 5.06. The Morgan fingerprint density at radius 2 is 2.32 bits per heavy atom. The molecule has 0 bridgehead atoms. The molecule has 0 spiro atoms. The summed E-state index contributed by atoms with van der Waals surface area (Å²) in [7, 11) is 1.53. The van der Waals surface area contributed by atoms with E-state index in [0.29, 0.717) is 34.1 Å². The highest BCUT2D eigenvalue weighted by atomic mass is 32.1. The maximum Gasteiger partial charge on any atom is 0.269 e. The van der Waals surface area contributed by atoms with Gasteiger partial charge < -0.3 is 15.8 Å². The number of carbonyl (C=O) groups excluding carboxylic acids is 1. The lowest BCUT2D eigenvalue weighted by Crippen LogP contribution is -2.13. The molecule has 19 heavy (non-hydrogen) atoms. The van der Waals surface area contributed by atoms with Crippen molar-refractivity contribution in [2.75, 3.05) is 18.2 Å². The maximum atomic E-state index is 12.2. The molecule has 1 amide bonds. The van der Waals surface area contributed by atoms with Crippen LogP contribution >= 0.6 is 11.5 Å². The summed E-state index contributed by atoms with van der Waals surface area (Å²) in [5, 5.41) is 6.68. The summed E-state index contributed by atoms with van der Waals surface area (Å²) in [6.45, 7) is 1.93. The molecule has 6 nitrogen and oxygen atoms in total. The standard InChI is InChI=1S/C12H14N4O2S/c1-3-8-11(19-16-15-8)12(17)14-9-6-7(13)4-5-10(9)18-2/h4-6H,3,13H2,1-2H3,(H,14,17). The number of hydrogen-bond acceptors (Lipinski definition) is 6. The van der Waals surface area contributed by atoms with Crippen LogP contribution in [0.2, 0.25) is 0 Å². The highest BCUT2D eigenvalue weighted by Crippen LogP contribution is 2.27. The fourth-order valence-electron chi connectivity index (χ4n) is 1.61. The van der Waals surface area contributed by atoms with Crippen LogP contribution in [0.3, 0.4) is 0 Å². The second-order valence-corrected chi connectivity index (χ2v) is 4.57. The van der Waals surface area contributed by atoms with Crippen LogP contribution in [-0.2, 0) is 6.42 Å². The van der Waals surface area contributed by atoms with E-state index < -0.39 is 0 Å². The van der Waals surface area contributed by atoms with Crippen molar-refractivity contribution in [2.24, 2.45) is 0 Å². The highest BCUT2D eigenvalue weighted by Gasteiger charge is 2.16. The number of aromatic nitrogens is 2. The summed E-state index contributed by atoms with van der Waals surface area (Å²) in [5.74, 6) is 0.300. The normalized spacial score (nSPS) is 10.2. The number of aryl methyl sites for hydroxylation is 1. The fourth-order valence-corrected chi connectivity index (χ4v) is 2.26. The Balaban J connectivity index is 2.26. The molecule has 0 fully saturated rings. The predicted octanol–water partition coefficient (Wildman–Crippen LogP) is 1.94. The summed E-state index contributed by atoms with van der Waals surface area (Å²) < 4.78 is 8.97. The van der Waals surface area contributed by atoms with E-state index in [9.17, 15) is 4.79 Å². The van der Waals surface area contributed by atoms with Crippen LogP contribution in [-0.4, -0.2) is 22.6 Å². The van der Waals surface area contributed by atoms with E-state index in [1.807, 2.05) is 6.92 Å². The molecule has 0 aliphatic heterocycles. The van der Waals surface area contributed by atoms with Gasteiger partial charge in [0, 0.05) is 5.69 Å². The molecule has 1 heterocycles. The van der Waals surface area contributed by atoms with Gasteiger partial charge in [0.1, 0.15) is 10.6 Å². The lowest BCUT2D eigenvalue weighted by atomic mass is 10.2. The zero-order valence-corrected chi connectivity index (χ0v) is 11.5. The van der Waals surface area contributed by atoms with E-state index in [4.69, 9.17) is 10.5 Å². The molecule has 0 atom stereocenters. The number of rotatable bonds is 4. The number of methoxy groups -OCH3 is 1. The van der Waals surface area contributed by atoms with E-state index in [-0.39, 0.29) is 5.91 Å². The topological polar surface area (TPSA) is 90.1 Å². The zero-order valence-electron chi connectivity index (χ0n) is 10.6. The van der Waals surface area contributed by atoms with Crippen LogP contribution in [0.25, 0.3) is 0 Å². The van der Waals surface area contributed by atoms with Crippen molar-refractivity contribution in [3.05, 3.63) is 28.8 Å². The molecule has 1 aromatic heterocycles. The molecule has 0 saturated heterocycles. The first-order valence-corrected chi connectivity index (χ1v) is 6.49. The minimum absolute atomic E-state index is 0.254.